The Balaban J connectivity index is 1.54. The van der Waals surface area contributed by atoms with Gasteiger partial charge in [0, 0.05) is 0 Å². The molecule has 1 aromatic carbocycles. The fourth-order valence-electron chi connectivity index (χ4n) is 3.13. The number of amides is 1. The molecule has 7 heteroatoms. The highest BCUT2D eigenvalue weighted by molar-refractivity contribution is 5.76. The van der Waals surface area contributed by atoms with Crippen molar-refractivity contribution in [3.63, 3.8) is 0 Å². The van der Waals surface area contributed by atoms with Gasteiger partial charge in [0.15, 0.2) is 0 Å². The molecule has 2 saturated heterocycles. The van der Waals surface area contributed by atoms with Crippen molar-refractivity contribution < 1.29 is 23.8 Å². The van der Waals surface area contributed by atoms with E-state index in [1.807, 2.05) is 51.1 Å². The summed E-state index contributed by atoms with van der Waals surface area (Å²) in [6.45, 7) is 6.10. The Hall–Kier alpha value is -2.12. The third kappa shape index (κ3) is 4.53. The molecule has 2 N–H and O–H groups in total. The summed E-state index contributed by atoms with van der Waals surface area (Å²) in [6.07, 6.45) is -0.174. The number of rotatable bonds is 5. The lowest BCUT2D eigenvalue weighted by Crippen LogP contribution is -2.47. The Labute approximate surface area is 153 Å². The van der Waals surface area contributed by atoms with E-state index < -0.39 is 23.7 Å². The van der Waals surface area contributed by atoms with Gasteiger partial charge in [-0.3, -0.25) is 9.69 Å². The molecule has 1 amide bonds. The maximum absolute atomic E-state index is 12.4. The first kappa shape index (κ1) is 18.7. The number of fused-ring (bicyclic) bond motifs is 1. The molecule has 2 fully saturated rings. The molecule has 2 heterocycles. The quantitative estimate of drug-likeness (QED) is 0.634. The van der Waals surface area contributed by atoms with E-state index in [9.17, 15) is 9.59 Å². The van der Waals surface area contributed by atoms with Gasteiger partial charge in [0.25, 0.3) is 0 Å². The van der Waals surface area contributed by atoms with Crippen LogP contribution >= 0.6 is 0 Å². The van der Waals surface area contributed by atoms with Crippen LogP contribution in [0.4, 0.5) is 4.79 Å². The monoisotopic (exact) mass is 362 g/mol. The number of esters is 1. The molecule has 7 nitrogen and oxygen atoms in total. The first-order valence-electron chi connectivity index (χ1n) is 8.86. The van der Waals surface area contributed by atoms with Gasteiger partial charge in [-0.2, -0.15) is 0 Å². The van der Waals surface area contributed by atoms with Crippen molar-refractivity contribution in [1.82, 2.24) is 4.90 Å². The van der Waals surface area contributed by atoms with Gasteiger partial charge in [0.2, 0.25) is 0 Å². The number of benzene rings is 1. The van der Waals surface area contributed by atoms with Crippen molar-refractivity contribution in [3.8, 4) is 0 Å². The maximum atomic E-state index is 12.4. The number of hydrogen-bond donors (Lipinski definition) is 1. The van der Waals surface area contributed by atoms with Gasteiger partial charge in [-0.1, -0.05) is 30.3 Å². The van der Waals surface area contributed by atoms with Crippen LogP contribution in [0.5, 0.6) is 0 Å². The van der Waals surface area contributed by atoms with Crippen LogP contribution in [0.15, 0.2) is 30.3 Å². The lowest BCUT2D eigenvalue weighted by atomic mass is 10.1. The Bertz CT molecular complexity index is 658. The van der Waals surface area contributed by atoms with E-state index in [0.717, 1.165) is 5.56 Å². The normalized spacial score (nSPS) is 25.4. The third-order valence-corrected chi connectivity index (χ3v) is 4.43. The molecular weight excluding hydrogens is 336 g/mol. The standard InChI is InChI=1S/C19H26N2O5/c1-19(2,3)26-18(23)21-10-15-16(25-15)14(21)9-13(20)17(22)24-11-12-7-5-4-6-8-12/h4-8,13-16H,9-11,20H2,1-3H3/t13?,14-,15?,16?/m1/s1. The summed E-state index contributed by atoms with van der Waals surface area (Å²) >= 11 is 0. The molecule has 142 valence electrons. The second-order valence-corrected chi connectivity index (χ2v) is 7.77. The minimum Gasteiger partial charge on any atom is -0.460 e. The van der Waals surface area contributed by atoms with Crippen LogP contribution in [0.2, 0.25) is 0 Å². The SMILES string of the molecule is CC(C)(C)OC(=O)N1CC2OC2[C@H]1CC(N)C(=O)OCc1ccccc1. The van der Waals surface area contributed by atoms with Crippen molar-refractivity contribution in [2.75, 3.05) is 6.54 Å². The van der Waals surface area contributed by atoms with E-state index in [4.69, 9.17) is 19.9 Å². The number of ether oxygens (including phenoxy) is 3. The molecule has 1 aromatic rings. The highest BCUT2D eigenvalue weighted by atomic mass is 16.6. The number of morpholine rings is 1. The van der Waals surface area contributed by atoms with Gasteiger partial charge >= 0.3 is 12.1 Å². The first-order valence-corrected chi connectivity index (χ1v) is 8.86. The van der Waals surface area contributed by atoms with Gasteiger partial charge in [-0.25, -0.2) is 4.79 Å². The van der Waals surface area contributed by atoms with Crippen LogP contribution in [-0.2, 0) is 25.6 Å². The fourth-order valence-corrected chi connectivity index (χ4v) is 3.13. The van der Waals surface area contributed by atoms with Crippen LogP contribution in [0, 0.1) is 0 Å². The molecule has 2 aliphatic heterocycles. The number of epoxide rings is 1. The maximum Gasteiger partial charge on any atom is 0.410 e. The molecule has 0 aromatic heterocycles. The van der Waals surface area contributed by atoms with Gasteiger partial charge in [-0.05, 0) is 32.8 Å². The summed E-state index contributed by atoms with van der Waals surface area (Å²) in [6, 6.07) is 8.32. The van der Waals surface area contributed by atoms with E-state index in [1.54, 1.807) is 4.90 Å². The zero-order valence-corrected chi connectivity index (χ0v) is 15.4. The smallest absolute Gasteiger partial charge is 0.410 e. The second kappa shape index (κ2) is 7.25. The third-order valence-electron chi connectivity index (χ3n) is 4.43. The van der Waals surface area contributed by atoms with Gasteiger partial charge in [-0.15, -0.1) is 0 Å². The summed E-state index contributed by atoms with van der Waals surface area (Å²) in [5.41, 5.74) is 6.34. The van der Waals surface area contributed by atoms with Gasteiger partial charge in [0.05, 0.1) is 12.6 Å². The van der Waals surface area contributed by atoms with Crippen LogP contribution in [0.3, 0.4) is 0 Å². The molecule has 3 rings (SSSR count). The van der Waals surface area contributed by atoms with E-state index in [1.165, 1.54) is 0 Å². The van der Waals surface area contributed by atoms with Crippen LogP contribution in [0.25, 0.3) is 0 Å². The zero-order valence-electron chi connectivity index (χ0n) is 15.4. The van der Waals surface area contributed by atoms with Crippen molar-refractivity contribution in [1.29, 1.82) is 0 Å². The highest BCUT2D eigenvalue weighted by Gasteiger charge is 2.57. The molecule has 2 aliphatic rings. The van der Waals surface area contributed by atoms with E-state index in [0.29, 0.717) is 6.54 Å². The topological polar surface area (TPSA) is 94.4 Å². The number of nitrogens with zero attached hydrogens (tertiary/aromatic N) is 1. The summed E-state index contributed by atoms with van der Waals surface area (Å²) in [7, 11) is 0. The average Bonchev–Trinajstić information content (AvgIpc) is 3.26. The number of hydrogen-bond acceptors (Lipinski definition) is 6. The van der Waals surface area contributed by atoms with E-state index in [-0.39, 0.29) is 31.3 Å². The van der Waals surface area contributed by atoms with Gasteiger partial charge < -0.3 is 19.9 Å². The number of likely N-dealkylation sites (tertiary alicyclic amines) is 1. The van der Waals surface area contributed by atoms with Crippen molar-refractivity contribution in [2.45, 2.75) is 63.7 Å². The number of carbonyl (C=O) groups excluding carboxylic acids is 2. The molecule has 26 heavy (non-hydrogen) atoms. The van der Waals surface area contributed by atoms with Crippen molar-refractivity contribution in [3.05, 3.63) is 35.9 Å². The number of carbonyl (C=O) groups is 2. The minimum atomic E-state index is -0.823. The lowest BCUT2D eigenvalue weighted by Gasteiger charge is -2.30. The average molecular weight is 362 g/mol. The van der Waals surface area contributed by atoms with E-state index >= 15 is 0 Å². The molecule has 0 radical (unpaired) electrons. The molecule has 0 aliphatic carbocycles. The Morgan fingerprint density at radius 2 is 2.00 bits per heavy atom. The fraction of sp³-hybridized carbons (Fsp3) is 0.579. The van der Waals surface area contributed by atoms with Crippen molar-refractivity contribution >= 4 is 12.1 Å². The molecule has 0 spiro atoms. The Morgan fingerprint density at radius 1 is 1.31 bits per heavy atom. The molecule has 0 saturated carbocycles. The van der Waals surface area contributed by atoms with E-state index in [2.05, 4.69) is 0 Å². The highest BCUT2D eigenvalue weighted by Crippen LogP contribution is 2.39. The summed E-state index contributed by atoms with van der Waals surface area (Å²) in [5.74, 6) is -0.484. The Kier molecular flexibility index (Phi) is 5.20. The summed E-state index contributed by atoms with van der Waals surface area (Å²) in [4.78, 5) is 26.2. The minimum absolute atomic E-state index is 0.0139. The largest absolute Gasteiger partial charge is 0.460 e. The molecule has 4 atom stereocenters. The Morgan fingerprint density at radius 3 is 2.65 bits per heavy atom. The first-order chi connectivity index (χ1) is 12.2. The lowest BCUT2D eigenvalue weighted by molar-refractivity contribution is -0.147. The van der Waals surface area contributed by atoms with Crippen molar-refractivity contribution in [2.24, 2.45) is 5.73 Å². The molecule has 0 bridgehead atoms. The predicted molar refractivity (Wildman–Crippen MR) is 94.2 cm³/mol. The molecule has 3 unspecified atom stereocenters. The second-order valence-electron chi connectivity index (χ2n) is 7.77. The van der Waals surface area contributed by atoms with Gasteiger partial charge in [0.1, 0.15) is 30.5 Å². The predicted octanol–water partition coefficient (Wildman–Crippen LogP) is 1.83. The van der Waals surface area contributed by atoms with Crippen LogP contribution < -0.4 is 5.73 Å². The zero-order chi connectivity index (χ0) is 18.9. The van der Waals surface area contributed by atoms with Crippen LogP contribution in [-0.4, -0.2) is 53.4 Å². The summed E-state index contributed by atoms with van der Waals surface area (Å²) in [5, 5.41) is 0. The summed E-state index contributed by atoms with van der Waals surface area (Å²) < 4.78 is 16.3. The van der Waals surface area contributed by atoms with Crippen LogP contribution in [0.1, 0.15) is 32.8 Å². The number of nitrogens with two attached hydrogens (primary N) is 1. The molecular formula is C19H26N2O5.